The van der Waals surface area contributed by atoms with Gasteiger partial charge in [-0.2, -0.15) is 10.2 Å². The molecule has 0 spiro atoms. The van der Waals surface area contributed by atoms with Crippen molar-refractivity contribution in [2.24, 2.45) is 0 Å². The van der Waals surface area contributed by atoms with Crippen molar-refractivity contribution in [3.63, 3.8) is 0 Å². The zero-order valence-electron chi connectivity index (χ0n) is 7.69. The number of aliphatic hydroxyl groups excluding tert-OH is 1. The van der Waals surface area contributed by atoms with Gasteiger partial charge in [-0.05, 0) is 12.1 Å². The van der Waals surface area contributed by atoms with E-state index >= 15 is 0 Å². The summed E-state index contributed by atoms with van der Waals surface area (Å²) in [5.74, 6) is 0. The third-order valence-corrected chi connectivity index (χ3v) is 1.91. The van der Waals surface area contributed by atoms with Crippen LogP contribution in [-0.2, 0) is 13.1 Å². The Labute approximate surface area is 81.6 Å². The Balaban J connectivity index is 1.88. The quantitative estimate of drug-likeness (QED) is 0.749. The van der Waals surface area contributed by atoms with Crippen LogP contribution >= 0.6 is 0 Å². The minimum absolute atomic E-state index is 0.463. The molecule has 0 radical (unpaired) electrons. The van der Waals surface area contributed by atoms with Crippen molar-refractivity contribution >= 4 is 0 Å². The molecule has 0 fully saturated rings. The molecule has 0 unspecified atom stereocenters. The summed E-state index contributed by atoms with van der Waals surface area (Å²) in [6, 6.07) is 3.67. The summed E-state index contributed by atoms with van der Waals surface area (Å²) in [7, 11) is 0. The second kappa shape index (κ2) is 4.06. The third-order valence-electron chi connectivity index (χ3n) is 1.91. The monoisotopic (exact) mass is 192 g/mol. The van der Waals surface area contributed by atoms with Crippen molar-refractivity contribution in [2.45, 2.75) is 19.2 Å². The van der Waals surface area contributed by atoms with Gasteiger partial charge in [-0.25, -0.2) is 0 Å². The Morgan fingerprint density at radius 1 is 1.00 bits per heavy atom. The van der Waals surface area contributed by atoms with Crippen LogP contribution in [0.4, 0.5) is 0 Å². The first-order valence-corrected chi connectivity index (χ1v) is 4.47. The Morgan fingerprint density at radius 3 is 1.86 bits per heavy atom. The Morgan fingerprint density at radius 2 is 1.50 bits per heavy atom. The number of hydrogen-bond acceptors (Lipinski definition) is 3. The van der Waals surface area contributed by atoms with Gasteiger partial charge < -0.3 is 5.11 Å². The van der Waals surface area contributed by atoms with Gasteiger partial charge in [0.25, 0.3) is 0 Å². The lowest BCUT2D eigenvalue weighted by Gasteiger charge is -2.10. The summed E-state index contributed by atoms with van der Waals surface area (Å²) in [4.78, 5) is 0. The van der Waals surface area contributed by atoms with Crippen LogP contribution in [0.1, 0.15) is 0 Å². The molecular weight excluding hydrogens is 180 g/mol. The largest absolute Gasteiger partial charge is 0.389 e. The van der Waals surface area contributed by atoms with Gasteiger partial charge >= 0.3 is 0 Å². The van der Waals surface area contributed by atoms with E-state index in [1.165, 1.54) is 0 Å². The normalized spacial score (nSPS) is 11.0. The highest BCUT2D eigenvalue weighted by Gasteiger charge is 2.05. The highest BCUT2D eigenvalue weighted by atomic mass is 16.3. The molecule has 5 nitrogen and oxygen atoms in total. The first-order valence-electron chi connectivity index (χ1n) is 4.47. The Hall–Kier alpha value is -1.62. The maximum absolute atomic E-state index is 9.67. The van der Waals surface area contributed by atoms with Crippen LogP contribution in [0.25, 0.3) is 0 Å². The molecule has 0 aromatic carbocycles. The number of aliphatic hydroxyl groups is 1. The number of hydrogen-bond donors (Lipinski definition) is 1. The molecule has 0 atom stereocenters. The molecule has 2 aromatic rings. The van der Waals surface area contributed by atoms with Crippen LogP contribution in [-0.4, -0.2) is 30.8 Å². The van der Waals surface area contributed by atoms with Crippen LogP contribution in [0, 0.1) is 0 Å². The van der Waals surface area contributed by atoms with Gasteiger partial charge in [0.15, 0.2) is 0 Å². The molecule has 0 aliphatic rings. The van der Waals surface area contributed by atoms with Crippen LogP contribution in [0.2, 0.25) is 0 Å². The molecule has 1 N–H and O–H groups in total. The first kappa shape index (κ1) is 8.96. The maximum Gasteiger partial charge on any atom is 0.0931 e. The molecule has 2 heterocycles. The van der Waals surface area contributed by atoms with Crippen molar-refractivity contribution in [3.8, 4) is 0 Å². The van der Waals surface area contributed by atoms with E-state index in [-0.39, 0.29) is 0 Å². The molecule has 0 aliphatic heterocycles. The zero-order chi connectivity index (χ0) is 9.80. The molecule has 74 valence electrons. The van der Waals surface area contributed by atoms with Crippen LogP contribution in [0.15, 0.2) is 36.9 Å². The number of aromatic nitrogens is 4. The van der Waals surface area contributed by atoms with E-state index in [0.717, 1.165) is 0 Å². The van der Waals surface area contributed by atoms with Crippen molar-refractivity contribution in [3.05, 3.63) is 36.9 Å². The van der Waals surface area contributed by atoms with Gasteiger partial charge in [0.05, 0.1) is 19.2 Å². The van der Waals surface area contributed by atoms with E-state index < -0.39 is 6.10 Å². The predicted octanol–water partition coefficient (Wildman–Crippen LogP) is 0.141. The second-order valence-electron chi connectivity index (χ2n) is 3.11. The molecule has 0 saturated carbocycles. The third kappa shape index (κ3) is 2.20. The lowest BCUT2D eigenvalue weighted by molar-refractivity contribution is 0.126. The van der Waals surface area contributed by atoms with Gasteiger partial charge in [0.1, 0.15) is 0 Å². The van der Waals surface area contributed by atoms with Gasteiger partial charge in [0, 0.05) is 24.8 Å². The predicted molar refractivity (Wildman–Crippen MR) is 50.5 cm³/mol. The SMILES string of the molecule is OC(Cn1cccn1)Cn1cccn1. The van der Waals surface area contributed by atoms with Gasteiger partial charge in [-0.3, -0.25) is 9.36 Å². The molecule has 5 heteroatoms. The molecule has 0 aliphatic carbocycles. The van der Waals surface area contributed by atoms with Crippen molar-refractivity contribution in [1.29, 1.82) is 0 Å². The maximum atomic E-state index is 9.67. The van der Waals surface area contributed by atoms with Crippen molar-refractivity contribution in [2.75, 3.05) is 0 Å². The van der Waals surface area contributed by atoms with Crippen LogP contribution in [0.5, 0.6) is 0 Å². The molecule has 0 saturated heterocycles. The number of rotatable bonds is 4. The standard InChI is InChI=1S/C9H12N4O/c14-9(7-12-5-1-3-10-12)8-13-6-2-4-11-13/h1-6,9,14H,7-8H2. The smallest absolute Gasteiger partial charge is 0.0931 e. The number of nitrogens with zero attached hydrogens (tertiary/aromatic N) is 4. The summed E-state index contributed by atoms with van der Waals surface area (Å²) in [5.41, 5.74) is 0. The lowest BCUT2D eigenvalue weighted by atomic mass is 10.3. The van der Waals surface area contributed by atoms with Crippen LogP contribution in [0.3, 0.4) is 0 Å². The van der Waals surface area contributed by atoms with E-state index in [4.69, 9.17) is 0 Å². The second-order valence-corrected chi connectivity index (χ2v) is 3.11. The fraction of sp³-hybridized carbons (Fsp3) is 0.333. The summed E-state index contributed by atoms with van der Waals surface area (Å²) in [6.07, 6.45) is 6.58. The fourth-order valence-corrected chi connectivity index (χ4v) is 1.31. The molecule has 14 heavy (non-hydrogen) atoms. The molecule has 0 amide bonds. The molecule has 0 bridgehead atoms. The Kier molecular flexibility index (Phi) is 2.60. The summed E-state index contributed by atoms with van der Waals surface area (Å²) < 4.78 is 3.41. The summed E-state index contributed by atoms with van der Waals surface area (Å²) in [5, 5.41) is 17.7. The average Bonchev–Trinajstić information content (AvgIpc) is 2.76. The molecule has 2 rings (SSSR count). The van der Waals surface area contributed by atoms with Crippen LogP contribution < -0.4 is 0 Å². The minimum atomic E-state index is -0.463. The van der Waals surface area contributed by atoms with E-state index in [1.54, 1.807) is 21.8 Å². The summed E-state index contributed by atoms with van der Waals surface area (Å²) in [6.45, 7) is 0.986. The van der Waals surface area contributed by atoms with E-state index in [1.807, 2.05) is 24.5 Å². The molecular formula is C9H12N4O. The molecule has 2 aromatic heterocycles. The average molecular weight is 192 g/mol. The topological polar surface area (TPSA) is 55.9 Å². The van der Waals surface area contributed by atoms with Gasteiger partial charge in [-0.15, -0.1) is 0 Å². The summed E-state index contributed by atoms with van der Waals surface area (Å²) >= 11 is 0. The highest BCUT2D eigenvalue weighted by molar-refractivity contribution is 4.80. The van der Waals surface area contributed by atoms with Gasteiger partial charge in [0.2, 0.25) is 0 Å². The lowest BCUT2D eigenvalue weighted by Crippen LogP contribution is -2.22. The first-order chi connectivity index (χ1) is 6.84. The minimum Gasteiger partial charge on any atom is -0.389 e. The van der Waals surface area contributed by atoms with E-state index in [0.29, 0.717) is 13.1 Å². The highest BCUT2D eigenvalue weighted by Crippen LogP contribution is 1.95. The van der Waals surface area contributed by atoms with Crippen molar-refractivity contribution < 1.29 is 5.11 Å². The van der Waals surface area contributed by atoms with Gasteiger partial charge in [-0.1, -0.05) is 0 Å². The van der Waals surface area contributed by atoms with Crippen molar-refractivity contribution in [1.82, 2.24) is 19.6 Å². The van der Waals surface area contributed by atoms with E-state index in [2.05, 4.69) is 10.2 Å². The van der Waals surface area contributed by atoms with E-state index in [9.17, 15) is 5.11 Å². The fourth-order valence-electron chi connectivity index (χ4n) is 1.31. The zero-order valence-corrected chi connectivity index (χ0v) is 7.69. The Bertz CT molecular complexity index is 318.